The third-order valence-electron chi connectivity index (χ3n) is 2.82. The lowest BCUT2D eigenvalue weighted by Gasteiger charge is -2.26. The Labute approximate surface area is 103 Å². The number of benzene rings is 1. The molecule has 1 rings (SSSR count). The van der Waals surface area contributed by atoms with Crippen LogP contribution in [0.25, 0.3) is 0 Å². The van der Waals surface area contributed by atoms with Crippen molar-refractivity contribution in [3.05, 3.63) is 23.3 Å². The Morgan fingerprint density at radius 1 is 1.24 bits per heavy atom. The zero-order valence-electron chi connectivity index (χ0n) is 11.1. The molecular weight excluding hydrogens is 218 g/mol. The number of nitrogens with one attached hydrogen (secondary N) is 1. The summed E-state index contributed by atoms with van der Waals surface area (Å²) in [5.74, 6) is 1.42. The van der Waals surface area contributed by atoms with Gasteiger partial charge in [-0.3, -0.25) is 0 Å². The summed E-state index contributed by atoms with van der Waals surface area (Å²) in [5, 5.41) is 13.4. The molecule has 1 aromatic rings. The molecule has 0 amide bonds. The molecule has 0 saturated carbocycles. The van der Waals surface area contributed by atoms with Crippen LogP contribution in [0.4, 0.5) is 0 Å². The van der Waals surface area contributed by atoms with Crippen molar-refractivity contribution in [2.24, 2.45) is 0 Å². The number of hydrogen-bond acceptors (Lipinski definition) is 4. The minimum absolute atomic E-state index is 0.440. The Balaban J connectivity index is 3.29. The molecule has 0 heterocycles. The summed E-state index contributed by atoms with van der Waals surface area (Å²) in [7, 11) is 5.01. The van der Waals surface area contributed by atoms with E-state index >= 15 is 0 Å². The quantitative estimate of drug-likeness (QED) is 0.816. The van der Waals surface area contributed by atoms with Crippen molar-refractivity contribution < 1.29 is 14.6 Å². The average molecular weight is 239 g/mol. The fourth-order valence-electron chi connectivity index (χ4n) is 1.91. The minimum Gasteiger partial charge on any atom is -0.496 e. The van der Waals surface area contributed by atoms with Gasteiger partial charge in [-0.2, -0.15) is 0 Å². The van der Waals surface area contributed by atoms with Crippen molar-refractivity contribution in [1.29, 1.82) is 0 Å². The first-order valence-electron chi connectivity index (χ1n) is 5.56. The van der Waals surface area contributed by atoms with Crippen LogP contribution >= 0.6 is 0 Å². The van der Waals surface area contributed by atoms with Crippen LogP contribution in [0, 0.1) is 6.92 Å². The van der Waals surface area contributed by atoms with Crippen LogP contribution in [0.5, 0.6) is 11.5 Å². The number of likely N-dealkylation sites (N-methyl/N-ethyl adjacent to an activating group) is 1. The van der Waals surface area contributed by atoms with Crippen molar-refractivity contribution >= 4 is 0 Å². The van der Waals surface area contributed by atoms with Crippen molar-refractivity contribution in [1.82, 2.24) is 5.32 Å². The summed E-state index contributed by atoms with van der Waals surface area (Å²) in [6.07, 6.45) is 0. The van der Waals surface area contributed by atoms with E-state index in [1.807, 2.05) is 19.1 Å². The molecule has 17 heavy (non-hydrogen) atoms. The van der Waals surface area contributed by atoms with Crippen LogP contribution in [-0.2, 0) is 5.60 Å². The number of hydrogen-bond donors (Lipinski definition) is 2. The van der Waals surface area contributed by atoms with E-state index in [4.69, 9.17) is 9.47 Å². The van der Waals surface area contributed by atoms with Crippen molar-refractivity contribution in [2.45, 2.75) is 19.4 Å². The molecule has 0 saturated heterocycles. The molecule has 0 fully saturated rings. The van der Waals surface area contributed by atoms with E-state index in [1.54, 1.807) is 28.2 Å². The molecule has 96 valence electrons. The third-order valence-corrected chi connectivity index (χ3v) is 2.82. The molecule has 0 aromatic heterocycles. The van der Waals surface area contributed by atoms with Crippen LogP contribution in [0.15, 0.2) is 12.1 Å². The third kappa shape index (κ3) is 2.90. The van der Waals surface area contributed by atoms with Crippen molar-refractivity contribution in [3.63, 3.8) is 0 Å². The summed E-state index contributed by atoms with van der Waals surface area (Å²) in [6.45, 7) is 4.13. The molecule has 2 N–H and O–H groups in total. The van der Waals surface area contributed by atoms with E-state index < -0.39 is 5.60 Å². The Morgan fingerprint density at radius 2 is 1.82 bits per heavy atom. The molecule has 0 aliphatic rings. The van der Waals surface area contributed by atoms with Crippen LogP contribution in [0.3, 0.4) is 0 Å². The van der Waals surface area contributed by atoms with Gasteiger partial charge in [0.25, 0.3) is 0 Å². The fraction of sp³-hybridized carbons (Fsp3) is 0.538. The largest absolute Gasteiger partial charge is 0.496 e. The Morgan fingerprint density at radius 3 is 2.29 bits per heavy atom. The normalized spacial score (nSPS) is 14.2. The molecular formula is C13H21NO3. The summed E-state index contributed by atoms with van der Waals surface area (Å²) in [4.78, 5) is 0. The number of ether oxygens (including phenoxy) is 2. The standard InChI is InChI=1S/C13H21NO3/c1-9-6-12(17-5)10(7-11(9)16-4)13(2,15)8-14-3/h6-7,14-15H,8H2,1-5H3. The highest BCUT2D eigenvalue weighted by molar-refractivity contribution is 5.48. The van der Waals surface area contributed by atoms with Gasteiger partial charge in [0.05, 0.1) is 14.2 Å². The van der Waals surface area contributed by atoms with Crippen molar-refractivity contribution in [2.75, 3.05) is 27.8 Å². The Bertz CT molecular complexity index is 388. The molecule has 4 nitrogen and oxygen atoms in total. The van der Waals surface area contributed by atoms with Gasteiger partial charge < -0.3 is 19.9 Å². The SMILES string of the molecule is CNCC(C)(O)c1cc(OC)c(C)cc1OC. The number of aryl methyl sites for hydroxylation is 1. The molecule has 1 atom stereocenters. The highest BCUT2D eigenvalue weighted by Gasteiger charge is 2.27. The second-order valence-corrected chi connectivity index (χ2v) is 4.33. The second kappa shape index (κ2) is 5.38. The van der Waals surface area contributed by atoms with E-state index in [0.717, 1.165) is 16.9 Å². The van der Waals surface area contributed by atoms with Gasteiger partial charge in [0.1, 0.15) is 17.1 Å². The molecule has 0 spiro atoms. The van der Waals surface area contributed by atoms with E-state index in [2.05, 4.69) is 5.32 Å². The van der Waals surface area contributed by atoms with Gasteiger partial charge in [-0.1, -0.05) is 0 Å². The first-order valence-corrected chi connectivity index (χ1v) is 5.56. The summed E-state index contributed by atoms with van der Waals surface area (Å²) in [5.41, 5.74) is 0.700. The second-order valence-electron chi connectivity index (χ2n) is 4.33. The number of methoxy groups -OCH3 is 2. The zero-order chi connectivity index (χ0) is 13.1. The van der Waals surface area contributed by atoms with Gasteiger partial charge in [-0.15, -0.1) is 0 Å². The molecule has 0 bridgehead atoms. The van der Waals surface area contributed by atoms with Gasteiger partial charge in [0.15, 0.2) is 0 Å². The van der Waals surface area contributed by atoms with E-state index in [0.29, 0.717) is 12.3 Å². The minimum atomic E-state index is -0.999. The topological polar surface area (TPSA) is 50.7 Å². The Kier molecular flexibility index (Phi) is 4.37. The predicted octanol–water partition coefficient (Wildman–Crippen LogP) is 1.44. The molecule has 1 unspecified atom stereocenters. The predicted molar refractivity (Wildman–Crippen MR) is 67.8 cm³/mol. The first kappa shape index (κ1) is 13.8. The van der Waals surface area contributed by atoms with E-state index in [-0.39, 0.29) is 0 Å². The van der Waals surface area contributed by atoms with Gasteiger partial charge in [-0.25, -0.2) is 0 Å². The number of rotatable bonds is 5. The molecule has 0 aliphatic heterocycles. The number of aliphatic hydroxyl groups is 1. The molecule has 1 aromatic carbocycles. The maximum atomic E-state index is 10.4. The molecule has 0 radical (unpaired) electrons. The fourth-order valence-corrected chi connectivity index (χ4v) is 1.91. The van der Waals surface area contributed by atoms with E-state index in [1.165, 1.54) is 0 Å². The van der Waals surface area contributed by atoms with Crippen LogP contribution in [0.1, 0.15) is 18.1 Å². The average Bonchev–Trinajstić information content (AvgIpc) is 2.28. The highest BCUT2D eigenvalue weighted by Crippen LogP contribution is 2.35. The van der Waals surface area contributed by atoms with Crippen molar-refractivity contribution in [3.8, 4) is 11.5 Å². The summed E-state index contributed by atoms with van der Waals surface area (Å²) < 4.78 is 10.6. The van der Waals surface area contributed by atoms with Crippen LogP contribution in [-0.4, -0.2) is 32.9 Å². The first-order chi connectivity index (χ1) is 7.96. The monoisotopic (exact) mass is 239 g/mol. The lowest BCUT2D eigenvalue weighted by atomic mass is 9.93. The van der Waals surface area contributed by atoms with Gasteiger partial charge in [-0.05, 0) is 38.6 Å². The zero-order valence-corrected chi connectivity index (χ0v) is 11.1. The lowest BCUT2D eigenvalue weighted by molar-refractivity contribution is 0.0562. The Hall–Kier alpha value is -1.26. The summed E-state index contributed by atoms with van der Waals surface area (Å²) >= 11 is 0. The summed E-state index contributed by atoms with van der Waals surface area (Å²) in [6, 6.07) is 3.70. The van der Waals surface area contributed by atoms with Gasteiger partial charge >= 0.3 is 0 Å². The molecule has 0 aliphatic carbocycles. The lowest BCUT2D eigenvalue weighted by Crippen LogP contribution is -2.34. The van der Waals surface area contributed by atoms with Gasteiger partial charge in [0.2, 0.25) is 0 Å². The maximum Gasteiger partial charge on any atom is 0.125 e. The van der Waals surface area contributed by atoms with Gasteiger partial charge in [0, 0.05) is 12.1 Å². The highest BCUT2D eigenvalue weighted by atomic mass is 16.5. The molecule has 4 heteroatoms. The maximum absolute atomic E-state index is 10.4. The van der Waals surface area contributed by atoms with Crippen LogP contribution in [0.2, 0.25) is 0 Å². The smallest absolute Gasteiger partial charge is 0.125 e. The van der Waals surface area contributed by atoms with E-state index in [9.17, 15) is 5.11 Å². The van der Waals surface area contributed by atoms with Crippen LogP contribution < -0.4 is 14.8 Å².